The van der Waals surface area contributed by atoms with Crippen molar-refractivity contribution in [3.8, 4) is 0 Å². The lowest BCUT2D eigenvalue weighted by Gasteiger charge is -2.10. The van der Waals surface area contributed by atoms with E-state index >= 15 is 0 Å². The van der Waals surface area contributed by atoms with Crippen LogP contribution in [0.5, 0.6) is 0 Å². The maximum atomic E-state index is 12.8. The van der Waals surface area contributed by atoms with Gasteiger partial charge in [0.15, 0.2) is 0 Å². The Bertz CT molecular complexity index is 1170. The molecule has 0 aliphatic heterocycles. The van der Waals surface area contributed by atoms with Crippen LogP contribution in [-0.2, 0) is 22.3 Å². The number of ether oxygens (including phenoxy) is 1. The number of hydrogen-bond acceptors (Lipinski definition) is 6. The number of anilines is 1. The Morgan fingerprint density at radius 2 is 2.06 bits per heavy atom. The number of thiophene rings is 1. The molecule has 11 heteroatoms. The van der Waals surface area contributed by atoms with Gasteiger partial charge in [-0.25, -0.2) is 9.78 Å². The summed E-state index contributed by atoms with van der Waals surface area (Å²) in [6.07, 6.45) is -1.87. The third-order valence-corrected chi connectivity index (χ3v) is 5.19. The summed E-state index contributed by atoms with van der Waals surface area (Å²) in [4.78, 5) is 41.8. The molecule has 164 valence electrons. The highest BCUT2D eigenvalue weighted by atomic mass is 32.1. The zero-order chi connectivity index (χ0) is 22.6. The van der Waals surface area contributed by atoms with Gasteiger partial charge < -0.3 is 10.1 Å². The second-order valence-corrected chi connectivity index (χ2v) is 7.48. The molecular formula is C20H18F3N3O4S. The van der Waals surface area contributed by atoms with Crippen molar-refractivity contribution in [1.82, 2.24) is 9.55 Å². The van der Waals surface area contributed by atoms with Crippen molar-refractivity contribution in [2.45, 2.75) is 32.5 Å². The maximum absolute atomic E-state index is 12.8. The molecule has 31 heavy (non-hydrogen) atoms. The van der Waals surface area contributed by atoms with Crippen LogP contribution in [0, 0.1) is 0 Å². The number of nitrogens with one attached hydrogen (secondary N) is 1. The standard InChI is InChI=1S/C20H18F3N3O4S/c1-2-3-7-30-19(29)14-10-31-17-16(14)18(28)26(11-24-17)9-15(27)25-13-6-4-5-12(8-13)20(21,22)23/h4-6,8,10-11H,2-3,7,9H2,1H3,(H,25,27). The molecule has 7 nitrogen and oxygen atoms in total. The third kappa shape index (κ3) is 5.29. The molecule has 0 atom stereocenters. The summed E-state index contributed by atoms with van der Waals surface area (Å²) in [5.74, 6) is -1.37. The summed E-state index contributed by atoms with van der Waals surface area (Å²) < 4.78 is 44.6. The Balaban J connectivity index is 1.80. The zero-order valence-electron chi connectivity index (χ0n) is 16.4. The van der Waals surface area contributed by atoms with Crippen LogP contribution in [0.2, 0.25) is 0 Å². The third-order valence-electron chi connectivity index (χ3n) is 4.30. The number of carbonyl (C=O) groups excluding carboxylic acids is 2. The minimum atomic E-state index is -4.55. The summed E-state index contributed by atoms with van der Waals surface area (Å²) in [5, 5.41) is 3.84. The van der Waals surface area contributed by atoms with Crippen LogP contribution in [0.15, 0.2) is 40.8 Å². The predicted octanol–water partition coefficient (Wildman–Crippen LogP) is 4.07. The Morgan fingerprint density at radius 1 is 1.29 bits per heavy atom. The van der Waals surface area contributed by atoms with E-state index in [-0.39, 0.29) is 23.2 Å². The Labute approximate surface area is 178 Å². The lowest BCUT2D eigenvalue weighted by atomic mass is 10.2. The van der Waals surface area contributed by atoms with Gasteiger partial charge in [-0.1, -0.05) is 19.4 Å². The molecule has 2 aromatic heterocycles. The predicted molar refractivity (Wildman–Crippen MR) is 109 cm³/mol. The van der Waals surface area contributed by atoms with Crippen LogP contribution >= 0.6 is 11.3 Å². The van der Waals surface area contributed by atoms with Gasteiger partial charge in [0, 0.05) is 11.1 Å². The number of amides is 1. The van der Waals surface area contributed by atoms with E-state index in [1.54, 1.807) is 0 Å². The molecule has 3 rings (SSSR count). The van der Waals surface area contributed by atoms with E-state index in [4.69, 9.17) is 4.74 Å². The molecule has 0 fully saturated rings. The highest BCUT2D eigenvalue weighted by molar-refractivity contribution is 7.17. The van der Waals surface area contributed by atoms with Gasteiger partial charge in [0.1, 0.15) is 11.4 Å². The first kappa shape index (κ1) is 22.5. The maximum Gasteiger partial charge on any atom is 0.416 e. The number of unbranched alkanes of at least 4 members (excludes halogenated alkanes) is 1. The minimum Gasteiger partial charge on any atom is -0.462 e. The highest BCUT2D eigenvalue weighted by Crippen LogP contribution is 2.30. The molecule has 0 unspecified atom stereocenters. The lowest BCUT2D eigenvalue weighted by Crippen LogP contribution is -2.28. The van der Waals surface area contributed by atoms with E-state index in [1.165, 1.54) is 17.5 Å². The Morgan fingerprint density at radius 3 is 2.77 bits per heavy atom. The van der Waals surface area contributed by atoms with Gasteiger partial charge in [0.05, 0.1) is 29.4 Å². The van der Waals surface area contributed by atoms with Gasteiger partial charge in [-0.3, -0.25) is 14.2 Å². The Kier molecular flexibility index (Phi) is 6.74. The number of rotatable bonds is 7. The van der Waals surface area contributed by atoms with Crippen molar-refractivity contribution >= 4 is 39.1 Å². The average Bonchev–Trinajstić information content (AvgIpc) is 3.15. The minimum absolute atomic E-state index is 0.0425. The number of aromatic nitrogens is 2. The van der Waals surface area contributed by atoms with Gasteiger partial charge >= 0.3 is 12.1 Å². The molecule has 1 N–H and O–H groups in total. The van der Waals surface area contributed by atoms with E-state index in [0.29, 0.717) is 11.3 Å². The van der Waals surface area contributed by atoms with Crippen molar-refractivity contribution in [3.63, 3.8) is 0 Å². The van der Waals surface area contributed by atoms with Crippen molar-refractivity contribution in [1.29, 1.82) is 0 Å². The molecule has 0 bridgehead atoms. The molecule has 0 saturated heterocycles. The van der Waals surface area contributed by atoms with Gasteiger partial charge in [0.25, 0.3) is 5.56 Å². The lowest BCUT2D eigenvalue weighted by molar-refractivity contribution is -0.137. The first-order valence-corrected chi connectivity index (χ1v) is 10.2. The van der Waals surface area contributed by atoms with Gasteiger partial charge in [-0.05, 0) is 24.6 Å². The number of alkyl halides is 3. The normalized spacial score (nSPS) is 11.5. The quantitative estimate of drug-likeness (QED) is 0.430. The van der Waals surface area contributed by atoms with Crippen LogP contribution in [0.4, 0.5) is 18.9 Å². The van der Waals surface area contributed by atoms with Crippen LogP contribution in [0.3, 0.4) is 0 Å². The van der Waals surface area contributed by atoms with Gasteiger partial charge in [-0.2, -0.15) is 13.2 Å². The molecule has 0 saturated carbocycles. The SMILES string of the molecule is CCCCOC(=O)c1csc2ncn(CC(=O)Nc3cccc(C(F)(F)F)c3)c(=O)c12. The van der Waals surface area contributed by atoms with E-state index in [1.807, 2.05) is 6.92 Å². The molecule has 1 aromatic carbocycles. The van der Waals surface area contributed by atoms with Crippen molar-refractivity contribution in [3.05, 3.63) is 57.5 Å². The fourth-order valence-corrected chi connectivity index (χ4v) is 3.61. The average molecular weight is 453 g/mol. The molecule has 0 spiro atoms. The van der Waals surface area contributed by atoms with Crippen LogP contribution in [0.25, 0.3) is 10.2 Å². The fourth-order valence-electron chi connectivity index (χ4n) is 2.75. The van der Waals surface area contributed by atoms with Crippen molar-refractivity contribution < 1.29 is 27.5 Å². The second kappa shape index (κ2) is 9.29. The smallest absolute Gasteiger partial charge is 0.416 e. The molecular weight excluding hydrogens is 435 g/mol. The monoisotopic (exact) mass is 453 g/mol. The fraction of sp³-hybridized carbons (Fsp3) is 0.300. The van der Waals surface area contributed by atoms with E-state index in [0.717, 1.165) is 40.8 Å². The van der Waals surface area contributed by atoms with E-state index < -0.39 is 35.7 Å². The summed E-state index contributed by atoms with van der Waals surface area (Å²) in [5.41, 5.74) is -1.51. The number of esters is 1. The molecule has 0 radical (unpaired) electrons. The molecule has 2 heterocycles. The topological polar surface area (TPSA) is 90.3 Å². The number of halogens is 3. The zero-order valence-corrected chi connectivity index (χ0v) is 17.2. The first-order chi connectivity index (χ1) is 14.7. The molecule has 0 aliphatic rings. The summed E-state index contributed by atoms with van der Waals surface area (Å²) in [7, 11) is 0. The summed E-state index contributed by atoms with van der Waals surface area (Å²) >= 11 is 1.10. The van der Waals surface area contributed by atoms with Gasteiger partial charge in [-0.15, -0.1) is 11.3 Å². The van der Waals surface area contributed by atoms with E-state index in [2.05, 4.69) is 10.3 Å². The molecule has 1 amide bonds. The van der Waals surface area contributed by atoms with Crippen LogP contribution < -0.4 is 10.9 Å². The van der Waals surface area contributed by atoms with Crippen molar-refractivity contribution in [2.75, 3.05) is 11.9 Å². The molecule has 0 aliphatic carbocycles. The van der Waals surface area contributed by atoms with Crippen molar-refractivity contribution in [2.24, 2.45) is 0 Å². The molecule has 3 aromatic rings. The number of hydrogen-bond donors (Lipinski definition) is 1. The Hall–Kier alpha value is -3.21. The van der Waals surface area contributed by atoms with E-state index in [9.17, 15) is 27.6 Å². The number of benzene rings is 1. The number of fused-ring (bicyclic) bond motifs is 1. The van der Waals surface area contributed by atoms with Gasteiger partial charge in [0.2, 0.25) is 5.91 Å². The summed E-state index contributed by atoms with van der Waals surface area (Å²) in [6, 6.07) is 4.15. The van der Waals surface area contributed by atoms with Crippen LogP contribution in [-0.4, -0.2) is 28.0 Å². The summed E-state index contributed by atoms with van der Waals surface area (Å²) in [6.45, 7) is 1.68. The largest absolute Gasteiger partial charge is 0.462 e. The number of nitrogens with zero attached hydrogens (tertiary/aromatic N) is 2. The number of carbonyl (C=O) groups is 2. The van der Waals surface area contributed by atoms with Crippen LogP contribution in [0.1, 0.15) is 35.7 Å². The second-order valence-electron chi connectivity index (χ2n) is 6.62. The highest BCUT2D eigenvalue weighted by Gasteiger charge is 2.30. The first-order valence-electron chi connectivity index (χ1n) is 9.31.